The van der Waals surface area contributed by atoms with Gasteiger partial charge >= 0.3 is 35.7 Å². The van der Waals surface area contributed by atoms with E-state index in [2.05, 4.69) is 11.9 Å². The van der Waals surface area contributed by atoms with Gasteiger partial charge < -0.3 is 10.2 Å². The van der Waals surface area contributed by atoms with Crippen LogP contribution in [0.25, 0.3) is 0 Å². The van der Waals surface area contributed by atoms with Gasteiger partial charge in [-0.3, -0.25) is 4.66 Å². The zero-order valence-electron chi connectivity index (χ0n) is 2.63. The predicted octanol–water partition coefficient (Wildman–Crippen LogP) is -0.294. The third-order valence-corrected chi connectivity index (χ3v) is 0. The van der Waals surface area contributed by atoms with Crippen molar-refractivity contribution in [3.05, 3.63) is 0 Å². The predicted molar refractivity (Wildman–Crippen MR) is 25.9 cm³/mol. The van der Waals surface area contributed by atoms with Crippen LogP contribution >= 0.6 is 11.9 Å². The minimum absolute atomic E-state index is 0. The molecule has 40 valence electrons. The van der Waals surface area contributed by atoms with Crippen LogP contribution in [0, 0.1) is 0 Å². The summed E-state index contributed by atoms with van der Waals surface area (Å²) < 4.78 is 6.47. The summed E-state index contributed by atoms with van der Waals surface area (Å²) in [6.07, 6.45) is -1.83. The number of hydrogen-bond donors (Lipinski definition) is 3. The Hall–Kier alpha value is 0.520. The number of halogens is 1. The molecule has 0 spiro atoms. The van der Waals surface area contributed by atoms with E-state index in [0.29, 0.717) is 0 Å². The van der Waals surface area contributed by atoms with Gasteiger partial charge in [0.1, 0.15) is 0 Å². The zero-order valence-corrected chi connectivity index (χ0v) is 3.38. The average Bonchev–Trinajstić information content (AvgIpc) is 1.41. The van der Waals surface area contributed by atoms with Gasteiger partial charge in [0.15, 0.2) is 0 Å². The summed E-state index contributed by atoms with van der Waals surface area (Å²) >= 11 is 3.64. The fraction of sp³-hybridized carbons (Fsp3) is 0. The monoisotopic (exact) mass is 138 g/mol. The molecule has 0 aromatic heterocycles. The van der Waals surface area contributed by atoms with Gasteiger partial charge in [-0.2, -0.15) is 0 Å². The molecule has 6 heteroatoms. The molecule has 0 heterocycles. The van der Waals surface area contributed by atoms with E-state index in [0.717, 1.165) is 0 Å². The molecule has 0 radical (unpaired) electrons. The number of hydrogen-bond acceptors (Lipinski definition) is 2. The second-order valence-corrected chi connectivity index (χ2v) is 0.283. The molecule has 0 rings (SSSR count). The summed E-state index contributed by atoms with van der Waals surface area (Å²) in [7, 11) is 0. The van der Waals surface area contributed by atoms with Crippen molar-refractivity contribution >= 4 is 47.6 Å². The van der Waals surface area contributed by atoms with Crippen molar-refractivity contribution in [3.63, 3.8) is 0 Å². The Kier molecular flexibility index (Phi) is 35.8. The van der Waals surface area contributed by atoms with Crippen molar-refractivity contribution in [2.24, 2.45) is 0 Å². The minimum atomic E-state index is -1.83. The van der Waals surface area contributed by atoms with Gasteiger partial charge in [-0.15, -0.1) is 0 Å². The first kappa shape index (κ1) is 15.6. The molecule has 0 saturated carbocycles. The topological polar surface area (TPSA) is 77.8 Å². The van der Waals surface area contributed by atoms with Crippen molar-refractivity contribution in [2.75, 3.05) is 0 Å². The average molecular weight is 138 g/mol. The molecule has 4 nitrogen and oxygen atoms in total. The Morgan fingerprint density at radius 1 is 1.29 bits per heavy atom. The van der Waals surface area contributed by atoms with Crippen molar-refractivity contribution in [1.29, 1.82) is 0 Å². The van der Waals surface area contributed by atoms with Crippen molar-refractivity contribution in [2.45, 2.75) is 0 Å². The SMILES string of the molecule is O=C(O)O.OCl.[NaH]. The first-order valence-electron chi connectivity index (χ1n) is 0.820. The summed E-state index contributed by atoms with van der Waals surface area (Å²) in [6, 6.07) is 0. The zero-order chi connectivity index (χ0) is 5.58. The van der Waals surface area contributed by atoms with Crippen LogP contribution in [0.5, 0.6) is 0 Å². The quantitative estimate of drug-likeness (QED) is 0.402. The van der Waals surface area contributed by atoms with Crippen LogP contribution in [-0.4, -0.2) is 50.6 Å². The number of carboxylic acid groups (broad SMARTS) is 2. The van der Waals surface area contributed by atoms with E-state index in [1.807, 2.05) is 0 Å². The molecule has 0 bridgehead atoms. The Labute approximate surface area is 67.2 Å². The Morgan fingerprint density at radius 2 is 1.29 bits per heavy atom. The van der Waals surface area contributed by atoms with E-state index < -0.39 is 6.16 Å². The van der Waals surface area contributed by atoms with E-state index in [9.17, 15) is 0 Å². The standard InChI is InChI=1S/CH2O3.ClHO.Na.H/c2-1(3)4;1-2;;/h(H2,2,3,4);2H;;. The molecular formula is CH4ClNaO4. The fourth-order valence-electron chi connectivity index (χ4n) is 0. The molecule has 0 saturated heterocycles. The first-order chi connectivity index (χ1) is 2.73. The van der Waals surface area contributed by atoms with E-state index in [1.54, 1.807) is 0 Å². The molecule has 0 aliphatic carbocycles. The first-order valence-corrected chi connectivity index (χ1v) is 1.16. The van der Waals surface area contributed by atoms with Gasteiger partial charge in [0.2, 0.25) is 0 Å². The second kappa shape index (κ2) is 16.0. The maximum absolute atomic E-state index is 8.56. The summed E-state index contributed by atoms with van der Waals surface area (Å²) in [4.78, 5) is 8.56. The molecule has 0 atom stereocenters. The van der Waals surface area contributed by atoms with Gasteiger partial charge in [0.05, 0.1) is 11.9 Å². The van der Waals surface area contributed by atoms with Crippen LogP contribution in [-0.2, 0) is 0 Å². The van der Waals surface area contributed by atoms with E-state index in [1.165, 1.54) is 0 Å². The second-order valence-electron chi connectivity index (χ2n) is 0.283. The molecule has 0 aliphatic rings. The van der Waals surface area contributed by atoms with Crippen LogP contribution in [0.15, 0.2) is 0 Å². The van der Waals surface area contributed by atoms with Gasteiger partial charge in [-0.05, 0) is 0 Å². The third kappa shape index (κ3) is 493. The van der Waals surface area contributed by atoms with Gasteiger partial charge in [-0.25, -0.2) is 4.79 Å². The molecule has 0 amide bonds. The summed E-state index contributed by atoms with van der Waals surface area (Å²) in [5.74, 6) is 0. The number of carbonyl (C=O) groups is 1. The summed E-state index contributed by atoms with van der Waals surface area (Å²) in [5.41, 5.74) is 0. The molecule has 0 aromatic carbocycles. The van der Waals surface area contributed by atoms with Crippen LogP contribution in [0.2, 0.25) is 0 Å². The third-order valence-electron chi connectivity index (χ3n) is 0. The van der Waals surface area contributed by atoms with Crippen LogP contribution in [0.3, 0.4) is 0 Å². The molecule has 7 heavy (non-hydrogen) atoms. The Morgan fingerprint density at radius 3 is 1.29 bits per heavy atom. The van der Waals surface area contributed by atoms with Crippen LogP contribution < -0.4 is 0 Å². The van der Waals surface area contributed by atoms with Gasteiger partial charge in [-0.1, -0.05) is 0 Å². The number of rotatable bonds is 0. The maximum atomic E-state index is 8.56. The molecule has 0 aliphatic heterocycles. The van der Waals surface area contributed by atoms with Gasteiger partial charge in [0, 0.05) is 0 Å². The van der Waals surface area contributed by atoms with E-state index in [-0.39, 0.29) is 29.6 Å². The van der Waals surface area contributed by atoms with E-state index in [4.69, 9.17) is 19.7 Å². The van der Waals surface area contributed by atoms with Crippen molar-refractivity contribution < 1.29 is 19.7 Å². The fourth-order valence-corrected chi connectivity index (χ4v) is 0. The van der Waals surface area contributed by atoms with Gasteiger partial charge in [0.25, 0.3) is 0 Å². The molecule has 3 N–H and O–H groups in total. The van der Waals surface area contributed by atoms with Crippen molar-refractivity contribution in [3.8, 4) is 0 Å². The van der Waals surface area contributed by atoms with Crippen LogP contribution in [0.4, 0.5) is 4.79 Å². The summed E-state index contributed by atoms with van der Waals surface area (Å²) in [5, 5.41) is 13.9. The molecule has 0 fully saturated rings. The molecule has 0 aromatic rings. The van der Waals surface area contributed by atoms with Crippen molar-refractivity contribution in [1.82, 2.24) is 0 Å². The van der Waals surface area contributed by atoms with E-state index >= 15 is 0 Å². The Bertz CT molecular complexity index is 34.7. The normalized spacial score (nSPS) is 4.29. The van der Waals surface area contributed by atoms with Crippen LogP contribution in [0.1, 0.15) is 0 Å². The summed E-state index contributed by atoms with van der Waals surface area (Å²) in [6.45, 7) is 0. The Balaban J connectivity index is -0.0000000480. The molecule has 0 unspecified atom stereocenters. The molecular weight excluding hydrogens is 134 g/mol.